The Balaban J connectivity index is 2.28. The molecule has 0 aliphatic carbocycles. The van der Waals surface area contributed by atoms with Crippen LogP contribution in [-0.4, -0.2) is 31.3 Å². The van der Waals surface area contributed by atoms with E-state index < -0.39 is 0 Å². The third-order valence-electron chi connectivity index (χ3n) is 2.54. The highest BCUT2D eigenvalue weighted by atomic mass is 16.5. The predicted molar refractivity (Wildman–Crippen MR) is 73.1 cm³/mol. The van der Waals surface area contributed by atoms with E-state index in [2.05, 4.69) is 20.5 Å². The van der Waals surface area contributed by atoms with Crippen molar-refractivity contribution in [2.45, 2.75) is 0 Å². The Kier molecular flexibility index (Phi) is 3.47. The number of aromatic nitrogens is 1. The van der Waals surface area contributed by atoms with Crippen molar-refractivity contribution in [1.29, 1.82) is 0 Å². The quantitative estimate of drug-likeness (QED) is 0.429. The van der Waals surface area contributed by atoms with Gasteiger partial charge in [-0.25, -0.2) is 5.43 Å². The largest absolute Gasteiger partial charge is 0.497 e. The molecule has 4 N–H and O–H groups in total. The van der Waals surface area contributed by atoms with E-state index >= 15 is 0 Å². The summed E-state index contributed by atoms with van der Waals surface area (Å²) in [5.41, 5.74) is 10.1. The number of hydrogen-bond acceptors (Lipinski definition) is 3. The van der Waals surface area contributed by atoms with Gasteiger partial charge in [-0.2, -0.15) is 5.10 Å². The minimum atomic E-state index is 0.267. The van der Waals surface area contributed by atoms with Gasteiger partial charge in [-0.05, 0) is 18.2 Å². The van der Waals surface area contributed by atoms with Gasteiger partial charge < -0.3 is 15.5 Å². The van der Waals surface area contributed by atoms with Gasteiger partial charge in [0.25, 0.3) is 0 Å². The first-order valence-corrected chi connectivity index (χ1v) is 5.41. The summed E-state index contributed by atoms with van der Waals surface area (Å²) >= 11 is 0. The zero-order chi connectivity index (χ0) is 13.0. The molecule has 0 amide bonds. The van der Waals surface area contributed by atoms with E-state index in [9.17, 15) is 0 Å². The van der Waals surface area contributed by atoms with Crippen LogP contribution in [0.2, 0.25) is 0 Å². The zero-order valence-corrected chi connectivity index (χ0v) is 10.3. The van der Waals surface area contributed by atoms with Crippen LogP contribution in [0.1, 0.15) is 5.56 Å². The second-order valence-electron chi connectivity index (χ2n) is 3.63. The van der Waals surface area contributed by atoms with Crippen molar-refractivity contribution >= 4 is 23.1 Å². The number of nitrogens with zero attached hydrogens (tertiary/aromatic N) is 2. The molecule has 0 bridgehead atoms. The monoisotopic (exact) mass is 245 g/mol. The van der Waals surface area contributed by atoms with Gasteiger partial charge >= 0.3 is 0 Å². The van der Waals surface area contributed by atoms with Crippen LogP contribution in [0.25, 0.3) is 10.9 Å². The molecule has 0 fully saturated rings. The van der Waals surface area contributed by atoms with Gasteiger partial charge in [0.15, 0.2) is 0 Å². The summed E-state index contributed by atoms with van der Waals surface area (Å²) in [4.78, 5) is 6.89. The molecule has 0 saturated carbocycles. The third kappa shape index (κ3) is 2.42. The fourth-order valence-corrected chi connectivity index (χ4v) is 1.57. The van der Waals surface area contributed by atoms with Crippen molar-refractivity contribution in [2.24, 2.45) is 15.8 Å². The summed E-state index contributed by atoms with van der Waals surface area (Å²) in [5.74, 6) is 1.07. The van der Waals surface area contributed by atoms with Crippen LogP contribution in [0.3, 0.4) is 0 Å². The molecule has 6 heteroatoms. The Morgan fingerprint density at radius 3 is 3.06 bits per heavy atom. The van der Waals surface area contributed by atoms with Crippen molar-refractivity contribution in [3.8, 4) is 5.75 Å². The van der Waals surface area contributed by atoms with Crippen LogP contribution >= 0.6 is 0 Å². The average molecular weight is 245 g/mol. The number of hydrazone groups is 1. The highest BCUT2D eigenvalue weighted by molar-refractivity contribution is 5.99. The van der Waals surface area contributed by atoms with Crippen LogP contribution < -0.4 is 15.9 Å². The van der Waals surface area contributed by atoms with E-state index in [1.807, 2.05) is 24.4 Å². The van der Waals surface area contributed by atoms with Gasteiger partial charge in [-0.3, -0.25) is 4.99 Å². The van der Waals surface area contributed by atoms with Crippen molar-refractivity contribution in [3.63, 3.8) is 0 Å². The van der Waals surface area contributed by atoms with Gasteiger partial charge in [0.05, 0.1) is 13.3 Å². The minimum absolute atomic E-state index is 0.267. The molecule has 0 radical (unpaired) electrons. The van der Waals surface area contributed by atoms with Gasteiger partial charge in [0, 0.05) is 29.7 Å². The number of aliphatic imine (C=N–C) groups is 1. The van der Waals surface area contributed by atoms with E-state index in [-0.39, 0.29) is 5.96 Å². The summed E-state index contributed by atoms with van der Waals surface area (Å²) in [7, 11) is 3.23. The third-order valence-corrected chi connectivity index (χ3v) is 2.54. The molecule has 2 rings (SSSR count). The smallest absolute Gasteiger partial charge is 0.209 e. The molecular formula is C12H15N5O. The van der Waals surface area contributed by atoms with Crippen molar-refractivity contribution in [1.82, 2.24) is 10.4 Å². The Morgan fingerprint density at radius 2 is 2.33 bits per heavy atom. The number of H-pyrrole nitrogens is 1. The molecule has 1 heterocycles. The van der Waals surface area contributed by atoms with Gasteiger partial charge in [-0.1, -0.05) is 0 Å². The number of benzene rings is 1. The van der Waals surface area contributed by atoms with Crippen molar-refractivity contribution < 1.29 is 4.74 Å². The lowest BCUT2D eigenvalue weighted by molar-refractivity contribution is 0.415. The lowest BCUT2D eigenvalue weighted by Crippen LogP contribution is -2.26. The molecule has 0 aliphatic rings. The summed E-state index contributed by atoms with van der Waals surface area (Å²) in [5, 5.41) is 5.03. The first-order valence-electron chi connectivity index (χ1n) is 5.41. The summed E-state index contributed by atoms with van der Waals surface area (Å²) < 4.78 is 5.19. The van der Waals surface area contributed by atoms with Crippen molar-refractivity contribution in [3.05, 3.63) is 30.0 Å². The number of aromatic amines is 1. The zero-order valence-electron chi connectivity index (χ0n) is 10.3. The highest BCUT2D eigenvalue weighted by Gasteiger charge is 2.02. The Labute approximate surface area is 105 Å². The predicted octanol–water partition coefficient (Wildman–Crippen LogP) is 1.04. The molecule has 0 saturated heterocycles. The fourth-order valence-electron chi connectivity index (χ4n) is 1.57. The van der Waals surface area contributed by atoms with Gasteiger partial charge in [0.1, 0.15) is 5.75 Å². The van der Waals surface area contributed by atoms with Crippen molar-refractivity contribution in [2.75, 3.05) is 14.2 Å². The molecule has 0 aliphatic heterocycles. The van der Waals surface area contributed by atoms with E-state index in [0.717, 1.165) is 22.2 Å². The summed E-state index contributed by atoms with van der Waals surface area (Å²) in [6.07, 6.45) is 3.55. The molecule has 0 unspecified atom stereocenters. The number of hydrogen-bond donors (Lipinski definition) is 3. The molecule has 1 aromatic carbocycles. The van der Waals surface area contributed by atoms with Crippen LogP contribution in [0.15, 0.2) is 34.5 Å². The minimum Gasteiger partial charge on any atom is -0.497 e. The van der Waals surface area contributed by atoms with Crippen LogP contribution in [-0.2, 0) is 0 Å². The van der Waals surface area contributed by atoms with Crippen LogP contribution in [0.4, 0.5) is 0 Å². The number of fused-ring (bicyclic) bond motifs is 1. The number of nitrogens with two attached hydrogens (primary N) is 1. The maximum absolute atomic E-state index is 5.47. The standard InChI is InChI=1S/C12H15N5O/c1-14-12(13)17-16-7-8-6-15-11-4-3-9(18-2)5-10(8)11/h3-7,15H,1-2H3,(H3,13,14,17)/b16-7-. The van der Waals surface area contributed by atoms with E-state index in [4.69, 9.17) is 10.5 Å². The van der Waals surface area contributed by atoms with Gasteiger partial charge in [-0.15, -0.1) is 0 Å². The molecule has 1 aromatic heterocycles. The van der Waals surface area contributed by atoms with E-state index in [0.29, 0.717) is 0 Å². The van der Waals surface area contributed by atoms with E-state index in [1.165, 1.54) is 0 Å². The lowest BCUT2D eigenvalue weighted by atomic mass is 10.2. The maximum atomic E-state index is 5.47. The summed E-state index contributed by atoms with van der Waals surface area (Å²) in [6, 6.07) is 5.81. The van der Waals surface area contributed by atoms with Gasteiger partial charge in [0.2, 0.25) is 5.96 Å². The summed E-state index contributed by atoms with van der Waals surface area (Å²) in [6.45, 7) is 0. The SMILES string of the molecule is CN=C(N)N/N=C\c1c[nH]c2ccc(OC)cc12. The Morgan fingerprint density at radius 1 is 1.50 bits per heavy atom. The number of rotatable bonds is 3. The topological polar surface area (TPSA) is 87.8 Å². The fraction of sp³-hybridized carbons (Fsp3) is 0.167. The normalized spacial score (nSPS) is 12.2. The highest BCUT2D eigenvalue weighted by Crippen LogP contribution is 2.22. The number of guanidine groups is 1. The molecule has 18 heavy (non-hydrogen) atoms. The molecule has 2 aromatic rings. The molecule has 94 valence electrons. The van der Waals surface area contributed by atoms with E-state index in [1.54, 1.807) is 20.4 Å². The first-order chi connectivity index (χ1) is 8.74. The molecule has 6 nitrogen and oxygen atoms in total. The molecule has 0 atom stereocenters. The average Bonchev–Trinajstić information content (AvgIpc) is 2.81. The molecule has 0 spiro atoms. The number of methoxy groups -OCH3 is 1. The van der Waals surface area contributed by atoms with Crippen LogP contribution in [0.5, 0.6) is 5.75 Å². The molecular weight excluding hydrogens is 230 g/mol. The Hall–Kier alpha value is -2.50. The second-order valence-corrected chi connectivity index (χ2v) is 3.63. The second kappa shape index (κ2) is 5.22. The first kappa shape index (κ1) is 12.0. The maximum Gasteiger partial charge on any atom is 0.209 e. The number of ether oxygens (including phenoxy) is 1. The lowest BCUT2D eigenvalue weighted by Gasteiger charge is -1.99. The Bertz CT molecular complexity index is 600. The van der Waals surface area contributed by atoms with Crippen LogP contribution in [0, 0.1) is 0 Å². The number of nitrogens with one attached hydrogen (secondary N) is 2.